The van der Waals surface area contributed by atoms with Gasteiger partial charge in [-0.3, -0.25) is 9.79 Å². The van der Waals surface area contributed by atoms with E-state index in [0.717, 1.165) is 19.5 Å². The van der Waals surface area contributed by atoms with Gasteiger partial charge in [0.25, 0.3) is 0 Å². The molecule has 0 aliphatic carbocycles. The van der Waals surface area contributed by atoms with Crippen LogP contribution in [0.25, 0.3) is 0 Å². The fourth-order valence-electron chi connectivity index (χ4n) is 1.97. The van der Waals surface area contributed by atoms with E-state index in [9.17, 15) is 4.79 Å². The van der Waals surface area contributed by atoms with Gasteiger partial charge in [-0.1, -0.05) is 6.08 Å². The molecule has 0 radical (unpaired) electrons. The average Bonchev–Trinajstić information content (AvgIpc) is 2.17. The van der Waals surface area contributed by atoms with Gasteiger partial charge in [0.15, 0.2) is 0 Å². The molecule has 2 rings (SSSR count). The minimum atomic E-state index is 0.170. The Labute approximate surface area is 78.1 Å². The third kappa shape index (κ3) is 1.64. The summed E-state index contributed by atoms with van der Waals surface area (Å²) in [6.45, 7) is 3.31. The third-order valence-electron chi connectivity index (χ3n) is 2.80. The summed E-state index contributed by atoms with van der Waals surface area (Å²) in [5.41, 5.74) is 0. The van der Waals surface area contributed by atoms with E-state index in [1.165, 1.54) is 0 Å². The molecule has 0 spiro atoms. The number of hydrogen-bond acceptors (Lipinski definition) is 2. The number of allylic oxidation sites excluding steroid dienone is 1. The number of aliphatic imine (C=N–C) groups is 1. The molecule has 1 fully saturated rings. The second kappa shape index (κ2) is 3.32. The molecule has 2 unspecified atom stereocenters. The van der Waals surface area contributed by atoms with Crippen LogP contribution in [0, 0.1) is 5.92 Å². The molecule has 2 aliphatic heterocycles. The zero-order valence-electron chi connectivity index (χ0n) is 7.81. The van der Waals surface area contributed by atoms with Crippen LogP contribution in [0.3, 0.4) is 0 Å². The molecule has 2 aliphatic rings. The van der Waals surface area contributed by atoms with Crippen LogP contribution in [0.15, 0.2) is 17.1 Å². The maximum absolute atomic E-state index is 11.1. The van der Waals surface area contributed by atoms with Gasteiger partial charge in [-0.2, -0.15) is 0 Å². The number of dihydropyridines is 1. The highest BCUT2D eigenvalue weighted by Gasteiger charge is 2.28. The van der Waals surface area contributed by atoms with Crippen LogP contribution < -0.4 is 0 Å². The predicted octanol–water partition coefficient (Wildman–Crippen LogP) is 0.864. The van der Waals surface area contributed by atoms with Crippen LogP contribution in [-0.4, -0.2) is 36.2 Å². The molecular weight excluding hydrogens is 164 g/mol. The second-order valence-corrected chi connectivity index (χ2v) is 3.67. The summed E-state index contributed by atoms with van der Waals surface area (Å²) in [6, 6.07) is 0.308. The first-order valence-corrected chi connectivity index (χ1v) is 4.73. The summed E-state index contributed by atoms with van der Waals surface area (Å²) in [5, 5.41) is 0. The van der Waals surface area contributed by atoms with Gasteiger partial charge in [-0.25, -0.2) is 0 Å². The van der Waals surface area contributed by atoms with Crippen molar-refractivity contribution < 1.29 is 4.79 Å². The molecule has 0 N–H and O–H groups in total. The number of amides is 1. The lowest BCUT2D eigenvalue weighted by molar-refractivity contribution is -0.130. The highest BCUT2D eigenvalue weighted by atomic mass is 16.2. The summed E-state index contributed by atoms with van der Waals surface area (Å²) >= 11 is 0. The summed E-state index contributed by atoms with van der Waals surface area (Å²) in [7, 11) is 0. The largest absolute Gasteiger partial charge is 0.341 e. The lowest BCUT2D eigenvalue weighted by Gasteiger charge is -2.35. The van der Waals surface area contributed by atoms with Crippen LogP contribution in [0.5, 0.6) is 0 Å². The molecule has 0 aromatic rings. The Bertz CT molecular complexity index is 270. The fourth-order valence-corrected chi connectivity index (χ4v) is 1.97. The minimum absolute atomic E-state index is 0.170. The van der Waals surface area contributed by atoms with Gasteiger partial charge in [0.1, 0.15) is 0 Å². The standard InChI is InChI=1S/C10H14N2O/c1-8(13)12-6-4-9-3-2-5-11-10(9)7-12/h2-3,5,9-10H,4,6-7H2,1H3. The summed E-state index contributed by atoms with van der Waals surface area (Å²) in [6.07, 6.45) is 7.10. The van der Waals surface area contributed by atoms with Crippen molar-refractivity contribution in [3.63, 3.8) is 0 Å². The molecule has 0 aromatic heterocycles. The van der Waals surface area contributed by atoms with Crippen LogP contribution in [0.2, 0.25) is 0 Å². The molecule has 3 heteroatoms. The zero-order chi connectivity index (χ0) is 9.26. The number of piperidine rings is 1. The molecule has 13 heavy (non-hydrogen) atoms. The van der Waals surface area contributed by atoms with Crippen molar-refractivity contribution in [3.8, 4) is 0 Å². The number of fused-ring (bicyclic) bond motifs is 1. The van der Waals surface area contributed by atoms with Gasteiger partial charge in [0.05, 0.1) is 6.04 Å². The molecule has 2 atom stereocenters. The smallest absolute Gasteiger partial charge is 0.219 e. The summed E-state index contributed by atoms with van der Waals surface area (Å²) in [5.74, 6) is 0.726. The third-order valence-corrected chi connectivity index (χ3v) is 2.80. The minimum Gasteiger partial charge on any atom is -0.341 e. The number of carbonyl (C=O) groups excluding carboxylic acids is 1. The van der Waals surface area contributed by atoms with E-state index in [0.29, 0.717) is 12.0 Å². The van der Waals surface area contributed by atoms with Gasteiger partial charge in [0, 0.05) is 32.1 Å². The quantitative estimate of drug-likeness (QED) is 0.541. The van der Waals surface area contributed by atoms with Gasteiger partial charge in [-0.15, -0.1) is 0 Å². The number of carbonyl (C=O) groups is 1. The zero-order valence-corrected chi connectivity index (χ0v) is 7.81. The fraction of sp³-hybridized carbons (Fsp3) is 0.600. The Morgan fingerprint density at radius 3 is 3.23 bits per heavy atom. The van der Waals surface area contributed by atoms with E-state index in [4.69, 9.17) is 0 Å². The molecule has 70 valence electrons. The van der Waals surface area contributed by atoms with E-state index in [-0.39, 0.29) is 5.91 Å². The number of nitrogens with zero attached hydrogens (tertiary/aromatic N) is 2. The van der Waals surface area contributed by atoms with Crippen molar-refractivity contribution in [2.75, 3.05) is 13.1 Å². The van der Waals surface area contributed by atoms with Crippen molar-refractivity contribution in [2.45, 2.75) is 19.4 Å². The van der Waals surface area contributed by atoms with Crippen molar-refractivity contribution >= 4 is 12.1 Å². The van der Waals surface area contributed by atoms with E-state index in [1.807, 2.05) is 17.2 Å². The van der Waals surface area contributed by atoms with E-state index < -0.39 is 0 Å². The monoisotopic (exact) mass is 178 g/mol. The van der Waals surface area contributed by atoms with Crippen molar-refractivity contribution in [1.82, 2.24) is 4.90 Å². The number of rotatable bonds is 0. The van der Waals surface area contributed by atoms with Crippen LogP contribution in [0.4, 0.5) is 0 Å². The summed E-state index contributed by atoms with van der Waals surface area (Å²) < 4.78 is 0. The van der Waals surface area contributed by atoms with Gasteiger partial charge in [-0.05, 0) is 12.5 Å². The normalized spacial score (nSPS) is 31.6. The molecule has 0 bridgehead atoms. The Balaban J connectivity index is 2.04. The first-order valence-electron chi connectivity index (χ1n) is 4.73. The molecule has 1 amide bonds. The lowest BCUT2D eigenvalue weighted by Crippen LogP contribution is -2.45. The SMILES string of the molecule is CC(=O)N1CCC2C=CC=NC2C1. The Morgan fingerprint density at radius 2 is 2.46 bits per heavy atom. The molecule has 0 aromatic carbocycles. The lowest BCUT2D eigenvalue weighted by atomic mass is 9.90. The van der Waals surface area contributed by atoms with Gasteiger partial charge in [0.2, 0.25) is 5.91 Å². The molecule has 3 nitrogen and oxygen atoms in total. The molecule has 0 saturated carbocycles. The van der Waals surface area contributed by atoms with Crippen molar-refractivity contribution in [1.29, 1.82) is 0 Å². The molecule has 2 heterocycles. The first kappa shape index (κ1) is 8.48. The Kier molecular flexibility index (Phi) is 2.17. The maximum atomic E-state index is 11.1. The number of hydrogen-bond donors (Lipinski definition) is 0. The van der Waals surface area contributed by atoms with Crippen molar-refractivity contribution in [2.24, 2.45) is 10.9 Å². The predicted molar refractivity (Wildman–Crippen MR) is 51.8 cm³/mol. The number of likely N-dealkylation sites (tertiary alicyclic amines) is 1. The van der Waals surface area contributed by atoms with Gasteiger partial charge >= 0.3 is 0 Å². The van der Waals surface area contributed by atoms with E-state index in [2.05, 4.69) is 11.1 Å². The highest BCUT2D eigenvalue weighted by molar-refractivity contribution is 5.74. The summed E-state index contributed by atoms with van der Waals surface area (Å²) in [4.78, 5) is 17.4. The van der Waals surface area contributed by atoms with Crippen LogP contribution in [0.1, 0.15) is 13.3 Å². The van der Waals surface area contributed by atoms with Gasteiger partial charge < -0.3 is 4.90 Å². The topological polar surface area (TPSA) is 32.7 Å². The Morgan fingerprint density at radius 1 is 1.62 bits per heavy atom. The highest BCUT2D eigenvalue weighted by Crippen LogP contribution is 2.23. The average molecular weight is 178 g/mol. The van der Waals surface area contributed by atoms with Crippen LogP contribution >= 0.6 is 0 Å². The van der Waals surface area contributed by atoms with E-state index >= 15 is 0 Å². The maximum Gasteiger partial charge on any atom is 0.219 e. The molecular formula is C10H14N2O. The first-order chi connectivity index (χ1) is 6.27. The van der Waals surface area contributed by atoms with E-state index in [1.54, 1.807) is 6.92 Å². The second-order valence-electron chi connectivity index (χ2n) is 3.67. The van der Waals surface area contributed by atoms with Crippen molar-refractivity contribution in [3.05, 3.63) is 12.2 Å². The van der Waals surface area contributed by atoms with Crippen LogP contribution in [-0.2, 0) is 4.79 Å². The molecule has 1 saturated heterocycles. The Hall–Kier alpha value is -1.12.